The van der Waals surface area contributed by atoms with Crippen molar-refractivity contribution >= 4 is 44.7 Å². The van der Waals surface area contributed by atoms with E-state index in [2.05, 4.69) is 0 Å². The summed E-state index contributed by atoms with van der Waals surface area (Å²) in [6.07, 6.45) is 0. The van der Waals surface area contributed by atoms with Crippen LogP contribution in [0.3, 0.4) is 0 Å². The van der Waals surface area contributed by atoms with E-state index in [1.807, 2.05) is 4.72 Å². The van der Waals surface area contributed by atoms with Crippen molar-refractivity contribution in [2.75, 3.05) is 6.54 Å². The van der Waals surface area contributed by atoms with Crippen molar-refractivity contribution < 1.29 is 13.2 Å². The van der Waals surface area contributed by atoms with E-state index >= 15 is 0 Å². The number of benzene rings is 1. The predicted molar refractivity (Wildman–Crippen MR) is 71.7 cm³/mol. The van der Waals surface area contributed by atoms with Gasteiger partial charge in [-0.15, -0.1) is 0 Å². The SMILES string of the molecule is NC(=O)CNS(=O)(=O)c1cc(C(N)=S)ccc1Cl. The molecule has 0 unspecified atom stereocenters. The second-order valence-corrected chi connectivity index (χ2v) is 5.88. The predicted octanol–water partition coefficient (Wildman–Crippen LogP) is -0.262. The molecule has 1 aromatic carbocycles. The summed E-state index contributed by atoms with van der Waals surface area (Å²) in [6.45, 7) is -0.518. The summed E-state index contributed by atoms with van der Waals surface area (Å²) < 4.78 is 25.7. The molecule has 18 heavy (non-hydrogen) atoms. The molecule has 1 amide bonds. The van der Waals surface area contributed by atoms with Crippen molar-refractivity contribution in [3.05, 3.63) is 28.8 Å². The topological polar surface area (TPSA) is 115 Å². The molecule has 98 valence electrons. The van der Waals surface area contributed by atoms with Crippen LogP contribution in [0.5, 0.6) is 0 Å². The summed E-state index contributed by atoms with van der Waals surface area (Å²) in [5.74, 6) is -0.805. The summed E-state index contributed by atoms with van der Waals surface area (Å²) in [7, 11) is -3.94. The lowest BCUT2D eigenvalue weighted by molar-refractivity contribution is -0.116. The molecule has 1 aromatic rings. The molecule has 0 aliphatic heterocycles. The Bertz CT molecular complexity index is 601. The number of hydrogen-bond donors (Lipinski definition) is 3. The molecule has 9 heteroatoms. The number of halogens is 1. The molecule has 0 saturated carbocycles. The fourth-order valence-corrected chi connectivity index (χ4v) is 2.75. The lowest BCUT2D eigenvalue weighted by atomic mass is 10.2. The first-order chi connectivity index (χ1) is 8.24. The van der Waals surface area contributed by atoms with Crippen LogP contribution in [0.2, 0.25) is 5.02 Å². The molecule has 0 saturated heterocycles. The Kier molecular flexibility index (Phi) is 4.63. The number of rotatable bonds is 5. The zero-order valence-corrected chi connectivity index (χ0v) is 11.4. The smallest absolute Gasteiger partial charge is 0.242 e. The number of hydrogen-bond acceptors (Lipinski definition) is 4. The summed E-state index contributed by atoms with van der Waals surface area (Å²) in [5, 5.41) is -0.00743. The van der Waals surface area contributed by atoms with Gasteiger partial charge in [0.05, 0.1) is 11.6 Å². The number of amides is 1. The highest BCUT2D eigenvalue weighted by Crippen LogP contribution is 2.22. The maximum atomic E-state index is 11.8. The third-order valence-electron chi connectivity index (χ3n) is 1.94. The van der Waals surface area contributed by atoms with Gasteiger partial charge in [0.1, 0.15) is 9.88 Å². The van der Waals surface area contributed by atoms with Gasteiger partial charge in [0.15, 0.2) is 0 Å². The normalized spacial score (nSPS) is 11.2. The van der Waals surface area contributed by atoms with Crippen molar-refractivity contribution in [1.82, 2.24) is 4.72 Å². The van der Waals surface area contributed by atoms with E-state index in [0.29, 0.717) is 5.56 Å². The van der Waals surface area contributed by atoms with Crippen LogP contribution in [0.15, 0.2) is 23.1 Å². The average Bonchev–Trinajstić information content (AvgIpc) is 2.26. The van der Waals surface area contributed by atoms with E-state index in [9.17, 15) is 13.2 Å². The molecular weight excluding hydrogens is 298 g/mol. The van der Waals surface area contributed by atoms with Gasteiger partial charge in [0.2, 0.25) is 15.9 Å². The first kappa shape index (κ1) is 14.8. The van der Waals surface area contributed by atoms with Crippen LogP contribution >= 0.6 is 23.8 Å². The molecule has 5 N–H and O–H groups in total. The van der Waals surface area contributed by atoms with Gasteiger partial charge >= 0.3 is 0 Å². The lowest BCUT2D eigenvalue weighted by Gasteiger charge is -2.08. The Morgan fingerprint density at radius 3 is 2.50 bits per heavy atom. The van der Waals surface area contributed by atoms with Crippen molar-refractivity contribution in [3.8, 4) is 0 Å². The van der Waals surface area contributed by atoms with Crippen molar-refractivity contribution in [3.63, 3.8) is 0 Å². The molecule has 0 aliphatic carbocycles. The average molecular weight is 308 g/mol. The molecule has 0 fully saturated rings. The van der Waals surface area contributed by atoms with Gasteiger partial charge in [-0.25, -0.2) is 13.1 Å². The third-order valence-corrected chi connectivity index (χ3v) is 4.06. The van der Waals surface area contributed by atoms with Gasteiger partial charge in [-0.1, -0.05) is 29.9 Å². The number of sulfonamides is 1. The van der Waals surface area contributed by atoms with Gasteiger partial charge in [-0.2, -0.15) is 0 Å². The van der Waals surface area contributed by atoms with E-state index in [1.165, 1.54) is 18.2 Å². The summed E-state index contributed by atoms with van der Waals surface area (Å²) in [5.41, 5.74) is 10.6. The van der Waals surface area contributed by atoms with Crippen molar-refractivity contribution in [2.24, 2.45) is 11.5 Å². The standard InChI is InChI=1S/C9H10ClN3O3S2/c10-6-2-1-5(9(12)17)3-7(6)18(15,16)13-4-8(11)14/h1-3,13H,4H2,(H2,11,14)(H2,12,17). The maximum Gasteiger partial charge on any atom is 0.242 e. The van der Waals surface area contributed by atoms with Crippen molar-refractivity contribution in [1.29, 1.82) is 0 Å². The molecule has 0 spiro atoms. The molecule has 0 radical (unpaired) electrons. The van der Waals surface area contributed by atoms with Gasteiger partial charge in [0.25, 0.3) is 0 Å². The van der Waals surface area contributed by atoms with Crippen LogP contribution in [0, 0.1) is 0 Å². The van der Waals surface area contributed by atoms with Crippen LogP contribution in [0.25, 0.3) is 0 Å². The Balaban J connectivity index is 3.18. The summed E-state index contributed by atoms with van der Waals surface area (Å²) >= 11 is 10.5. The minimum Gasteiger partial charge on any atom is -0.389 e. The Morgan fingerprint density at radius 1 is 1.39 bits per heavy atom. The quantitative estimate of drug-likeness (QED) is 0.648. The zero-order valence-electron chi connectivity index (χ0n) is 9.01. The fourth-order valence-electron chi connectivity index (χ4n) is 1.11. The Morgan fingerprint density at radius 2 is 2.00 bits per heavy atom. The zero-order chi connectivity index (χ0) is 13.9. The minimum absolute atomic E-state index is 0.00743. The molecule has 6 nitrogen and oxygen atoms in total. The molecule has 0 bridgehead atoms. The van der Waals surface area contributed by atoms with Crippen LogP contribution in [0.4, 0.5) is 0 Å². The molecule has 0 aliphatic rings. The number of carbonyl (C=O) groups excluding carboxylic acids is 1. The number of primary amides is 1. The highest BCUT2D eigenvalue weighted by molar-refractivity contribution is 7.89. The third kappa shape index (κ3) is 3.64. The van der Waals surface area contributed by atoms with Crippen molar-refractivity contribution in [2.45, 2.75) is 4.90 Å². The van der Waals surface area contributed by atoms with E-state index in [1.54, 1.807) is 0 Å². The van der Waals surface area contributed by atoms with Gasteiger partial charge in [-0.05, 0) is 12.1 Å². The largest absolute Gasteiger partial charge is 0.389 e. The fraction of sp³-hybridized carbons (Fsp3) is 0.111. The molecule has 0 heterocycles. The number of carbonyl (C=O) groups is 1. The van der Waals surface area contributed by atoms with E-state index in [4.69, 9.17) is 35.3 Å². The minimum atomic E-state index is -3.94. The van der Waals surface area contributed by atoms with Crippen LogP contribution < -0.4 is 16.2 Å². The highest BCUT2D eigenvalue weighted by Gasteiger charge is 2.19. The first-order valence-electron chi connectivity index (χ1n) is 4.61. The van der Waals surface area contributed by atoms with Gasteiger partial charge in [0, 0.05) is 5.56 Å². The molecule has 1 rings (SSSR count). The van der Waals surface area contributed by atoms with E-state index < -0.39 is 22.5 Å². The van der Waals surface area contributed by atoms with E-state index in [-0.39, 0.29) is 14.9 Å². The Hall–Kier alpha value is -1.22. The number of nitrogens with two attached hydrogens (primary N) is 2. The second-order valence-electron chi connectivity index (χ2n) is 3.30. The monoisotopic (exact) mass is 307 g/mol. The van der Waals surface area contributed by atoms with Crippen LogP contribution in [-0.4, -0.2) is 25.9 Å². The summed E-state index contributed by atoms with van der Waals surface area (Å²) in [4.78, 5) is 10.4. The Labute approximate surface area is 114 Å². The highest BCUT2D eigenvalue weighted by atomic mass is 35.5. The van der Waals surface area contributed by atoms with Gasteiger partial charge in [-0.3, -0.25) is 4.79 Å². The first-order valence-corrected chi connectivity index (χ1v) is 6.88. The second kappa shape index (κ2) is 5.61. The van der Waals surface area contributed by atoms with Crippen LogP contribution in [-0.2, 0) is 14.8 Å². The molecule has 0 aromatic heterocycles. The maximum absolute atomic E-state index is 11.8. The van der Waals surface area contributed by atoms with E-state index in [0.717, 1.165) is 0 Å². The molecular formula is C9H10ClN3O3S2. The number of thiocarbonyl (C=S) groups is 1. The number of nitrogens with one attached hydrogen (secondary N) is 1. The summed E-state index contributed by atoms with van der Waals surface area (Å²) in [6, 6.07) is 4.08. The lowest BCUT2D eigenvalue weighted by Crippen LogP contribution is -2.33. The molecule has 0 atom stereocenters. The van der Waals surface area contributed by atoms with Crippen LogP contribution in [0.1, 0.15) is 5.56 Å². The van der Waals surface area contributed by atoms with Gasteiger partial charge < -0.3 is 11.5 Å².